The Balaban J connectivity index is 2.82. The molecule has 0 saturated heterocycles. The van der Waals surface area contributed by atoms with Crippen LogP contribution in [-0.4, -0.2) is 11.2 Å². The van der Waals surface area contributed by atoms with Crippen molar-refractivity contribution in [2.45, 2.75) is 19.1 Å². The average Bonchev–Trinajstić information content (AvgIpc) is 2.17. The topological polar surface area (TPSA) is 46.2 Å². The first-order chi connectivity index (χ1) is 6.15. The summed E-state index contributed by atoms with van der Waals surface area (Å²) in [7, 11) is 0. The minimum Gasteiger partial charge on any atom is -0.387 e. The molecule has 0 bridgehead atoms. The van der Waals surface area contributed by atoms with E-state index >= 15 is 0 Å². The van der Waals surface area contributed by atoms with Gasteiger partial charge in [0.25, 0.3) is 0 Å². The molecule has 0 saturated carbocycles. The Morgan fingerprint density at radius 3 is 2.38 bits per heavy atom. The smallest absolute Gasteiger partial charge is 0.0910 e. The third-order valence-electron chi connectivity index (χ3n) is 2.07. The zero-order valence-corrected chi connectivity index (χ0v) is 7.77. The highest BCUT2D eigenvalue weighted by atomic mass is 16.3. The van der Waals surface area contributed by atoms with Crippen LogP contribution in [0.5, 0.6) is 0 Å². The van der Waals surface area contributed by atoms with Gasteiger partial charge >= 0.3 is 0 Å². The first-order valence-corrected chi connectivity index (χ1v) is 4.28. The minimum absolute atomic E-state index is 0.377. The third kappa shape index (κ3) is 2.41. The van der Waals surface area contributed by atoms with Crippen LogP contribution in [0.4, 0.5) is 0 Å². The van der Waals surface area contributed by atoms with Crippen LogP contribution >= 0.6 is 0 Å². The summed E-state index contributed by atoms with van der Waals surface area (Å²) in [6, 6.07) is 7.42. The molecule has 1 aromatic carbocycles. The zero-order valence-electron chi connectivity index (χ0n) is 7.77. The number of hydrogen-bond donors (Lipinski definition) is 2. The maximum absolute atomic E-state index is 9.41. The lowest BCUT2D eigenvalue weighted by Crippen LogP contribution is -2.23. The maximum atomic E-state index is 9.41. The van der Waals surface area contributed by atoms with E-state index in [9.17, 15) is 5.11 Å². The van der Waals surface area contributed by atoms with Crippen molar-refractivity contribution in [2.24, 2.45) is 5.73 Å². The van der Waals surface area contributed by atoms with E-state index in [0.29, 0.717) is 0 Å². The van der Waals surface area contributed by atoms with Gasteiger partial charge in [-0.1, -0.05) is 35.9 Å². The molecular formula is C11H15NO. The number of aliphatic hydroxyl groups excluding tert-OH is 1. The van der Waals surface area contributed by atoms with Crippen molar-refractivity contribution in [3.05, 3.63) is 48.0 Å². The molecular weight excluding hydrogens is 162 g/mol. The summed E-state index contributed by atoms with van der Waals surface area (Å²) in [6.07, 6.45) is 0.771. The molecule has 13 heavy (non-hydrogen) atoms. The standard InChI is InChI=1S/C11H15NO/c1-3-10(13)11(12)9-6-4-8(2)5-7-9/h3-7,10-11,13H,1,12H2,2H3/t10-,11+/m1/s1. The van der Waals surface area contributed by atoms with Gasteiger partial charge < -0.3 is 10.8 Å². The van der Waals surface area contributed by atoms with E-state index < -0.39 is 6.10 Å². The van der Waals surface area contributed by atoms with Crippen LogP contribution in [-0.2, 0) is 0 Å². The van der Waals surface area contributed by atoms with Gasteiger partial charge in [-0.05, 0) is 12.5 Å². The summed E-state index contributed by atoms with van der Waals surface area (Å²) in [5.74, 6) is 0. The van der Waals surface area contributed by atoms with Crippen molar-refractivity contribution in [1.82, 2.24) is 0 Å². The number of hydrogen-bond acceptors (Lipinski definition) is 2. The molecule has 1 rings (SSSR count). The normalized spacial score (nSPS) is 15.0. The second kappa shape index (κ2) is 4.21. The third-order valence-corrected chi connectivity index (χ3v) is 2.07. The number of nitrogens with two attached hydrogens (primary N) is 1. The van der Waals surface area contributed by atoms with E-state index in [4.69, 9.17) is 5.73 Å². The fourth-order valence-electron chi connectivity index (χ4n) is 1.13. The molecule has 0 radical (unpaired) electrons. The largest absolute Gasteiger partial charge is 0.387 e. The lowest BCUT2D eigenvalue weighted by molar-refractivity contribution is 0.192. The Morgan fingerprint density at radius 1 is 1.38 bits per heavy atom. The van der Waals surface area contributed by atoms with Crippen molar-refractivity contribution >= 4 is 0 Å². The molecule has 0 amide bonds. The maximum Gasteiger partial charge on any atom is 0.0910 e. The molecule has 0 aliphatic carbocycles. The highest BCUT2D eigenvalue weighted by molar-refractivity contribution is 5.25. The Bertz CT molecular complexity index is 279. The number of benzene rings is 1. The molecule has 2 heteroatoms. The molecule has 2 nitrogen and oxygen atoms in total. The van der Waals surface area contributed by atoms with E-state index in [1.165, 1.54) is 11.6 Å². The summed E-state index contributed by atoms with van der Waals surface area (Å²) in [4.78, 5) is 0. The fraction of sp³-hybridized carbons (Fsp3) is 0.273. The number of rotatable bonds is 3. The van der Waals surface area contributed by atoms with Gasteiger partial charge in [0.05, 0.1) is 12.1 Å². The summed E-state index contributed by atoms with van der Waals surface area (Å²) in [5, 5.41) is 9.41. The quantitative estimate of drug-likeness (QED) is 0.688. The van der Waals surface area contributed by atoms with Gasteiger partial charge in [0.15, 0.2) is 0 Å². The van der Waals surface area contributed by atoms with Crippen molar-refractivity contribution in [3.63, 3.8) is 0 Å². The molecule has 0 unspecified atom stereocenters. The minimum atomic E-state index is -0.678. The predicted molar refractivity (Wildman–Crippen MR) is 54.3 cm³/mol. The van der Waals surface area contributed by atoms with Crippen LogP contribution in [0.2, 0.25) is 0 Å². The Labute approximate surface area is 78.7 Å². The van der Waals surface area contributed by atoms with Crippen LogP contribution in [0, 0.1) is 6.92 Å². The number of aryl methyl sites for hydroxylation is 1. The van der Waals surface area contributed by atoms with Crippen molar-refractivity contribution < 1.29 is 5.11 Å². The van der Waals surface area contributed by atoms with Crippen LogP contribution in [0.3, 0.4) is 0 Å². The predicted octanol–water partition coefficient (Wildman–Crippen LogP) is 1.54. The van der Waals surface area contributed by atoms with Crippen LogP contribution in [0.1, 0.15) is 17.2 Å². The van der Waals surface area contributed by atoms with Crippen molar-refractivity contribution in [1.29, 1.82) is 0 Å². The summed E-state index contributed by atoms with van der Waals surface area (Å²) in [6.45, 7) is 5.51. The lowest BCUT2D eigenvalue weighted by atomic mass is 10.0. The first kappa shape index (κ1) is 9.96. The van der Waals surface area contributed by atoms with Crippen LogP contribution in [0.25, 0.3) is 0 Å². The van der Waals surface area contributed by atoms with Gasteiger partial charge in [-0.2, -0.15) is 0 Å². The van der Waals surface area contributed by atoms with Gasteiger partial charge in [0.2, 0.25) is 0 Å². The highest BCUT2D eigenvalue weighted by Gasteiger charge is 2.12. The molecule has 0 aliphatic rings. The molecule has 0 aromatic heterocycles. The molecule has 70 valence electrons. The first-order valence-electron chi connectivity index (χ1n) is 4.28. The summed E-state index contributed by atoms with van der Waals surface area (Å²) in [5.41, 5.74) is 7.89. The molecule has 3 N–H and O–H groups in total. The Hall–Kier alpha value is -1.12. The fourth-order valence-corrected chi connectivity index (χ4v) is 1.13. The average molecular weight is 177 g/mol. The van der Waals surface area contributed by atoms with Gasteiger partial charge in [-0.3, -0.25) is 0 Å². The van der Waals surface area contributed by atoms with Gasteiger partial charge in [-0.15, -0.1) is 6.58 Å². The van der Waals surface area contributed by atoms with Gasteiger partial charge in [-0.25, -0.2) is 0 Å². The molecule has 0 fully saturated rings. The summed E-state index contributed by atoms with van der Waals surface area (Å²) < 4.78 is 0. The number of aliphatic hydroxyl groups is 1. The summed E-state index contributed by atoms with van der Waals surface area (Å²) >= 11 is 0. The van der Waals surface area contributed by atoms with Crippen molar-refractivity contribution in [2.75, 3.05) is 0 Å². The lowest BCUT2D eigenvalue weighted by Gasteiger charge is -2.15. The molecule has 1 aromatic rings. The van der Waals surface area contributed by atoms with E-state index in [-0.39, 0.29) is 6.04 Å². The van der Waals surface area contributed by atoms with Gasteiger partial charge in [0, 0.05) is 0 Å². The molecule has 2 atom stereocenters. The van der Waals surface area contributed by atoms with E-state index in [2.05, 4.69) is 6.58 Å². The Morgan fingerprint density at radius 2 is 1.92 bits per heavy atom. The van der Waals surface area contributed by atoms with Gasteiger partial charge in [0.1, 0.15) is 0 Å². The van der Waals surface area contributed by atoms with Crippen LogP contribution < -0.4 is 5.73 Å². The van der Waals surface area contributed by atoms with E-state index in [0.717, 1.165) is 5.56 Å². The van der Waals surface area contributed by atoms with E-state index in [1.807, 2.05) is 31.2 Å². The molecule has 0 heterocycles. The SMILES string of the molecule is C=C[C@@H](O)[C@@H](N)c1ccc(C)cc1. The van der Waals surface area contributed by atoms with Crippen LogP contribution in [0.15, 0.2) is 36.9 Å². The second-order valence-electron chi connectivity index (χ2n) is 3.16. The van der Waals surface area contributed by atoms with E-state index in [1.54, 1.807) is 0 Å². The Kier molecular flexibility index (Phi) is 3.23. The monoisotopic (exact) mass is 177 g/mol. The second-order valence-corrected chi connectivity index (χ2v) is 3.16. The molecule has 0 spiro atoms. The van der Waals surface area contributed by atoms with Crippen molar-refractivity contribution in [3.8, 4) is 0 Å². The zero-order chi connectivity index (χ0) is 9.84. The highest BCUT2D eigenvalue weighted by Crippen LogP contribution is 2.15. The molecule has 0 aliphatic heterocycles.